The molecule has 0 aromatic rings. The molecule has 1 aliphatic rings. The summed E-state index contributed by atoms with van der Waals surface area (Å²) in [6.45, 7) is 12.9. The van der Waals surface area contributed by atoms with E-state index in [1.165, 1.54) is 45.3 Å². The first-order valence-corrected chi connectivity index (χ1v) is 8.37. The standard InChI is InChI=1S/C17H36N2O/c1-16(2,3)15-8-7-12-19(13-9-15)11-6-5-10-17(4,18)14-20/h15,20H,5-14,18H2,1-4H3. The quantitative estimate of drug-likeness (QED) is 0.737. The first-order valence-electron chi connectivity index (χ1n) is 8.37. The predicted molar refractivity (Wildman–Crippen MR) is 86.8 cm³/mol. The molecule has 0 amide bonds. The maximum Gasteiger partial charge on any atom is 0.0608 e. The highest BCUT2D eigenvalue weighted by molar-refractivity contribution is 4.80. The highest BCUT2D eigenvalue weighted by atomic mass is 16.3. The Morgan fingerprint density at radius 1 is 1.10 bits per heavy atom. The zero-order valence-corrected chi connectivity index (χ0v) is 14.1. The van der Waals surface area contributed by atoms with Gasteiger partial charge in [-0.15, -0.1) is 0 Å². The van der Waals surface area contributed by atoms with Gasteiger partial charge in [-0.3, -0.25) is 0 Å². The normalized spacial score (nSPS) is 25.2. The number of aliphatic hydroxyl groups is 1. The van der Waals surface area contributed by atoms with Crippen LogP contribution in [0.25, 0.3) is 0 Å². The van der Waals surface area contributed by atoms with Crippen molar-refractivity contribution in [2.75, 3.05) is 26.2 Å². The zero-order chi connectivity index (χ0) is 15.2. The second-order valence-electron chi connectivity index (χ2n) is 8.10. The van der Waals surface area contributed by atoms with Gasteiger partial charge in [-0.25, -0.2) is 0 Å². The van der Waals surface area contributed by atoms with Crippen LogP contribution in [-0.4, -0.2) is 41.8 Å². The Bertz CT molecular complexity index is 271. The molecule has 0 aromatic carbocycles. The van der Waals surface area contributed by atoms with Crippen LogP contribution in [0.1, 0.15) is 66.2 Å². The van der Waals surface area contributed by atoms with Gasteiger partial charge in [-0.2, -0.15) is 0 Å². The molecule has 3 N–H and O–H groups in total. The van der Waals surface area contributed by atoms with Crippen molar-refractivity contribution in [1.29, 1.82) is 0 Å². The molecule has 1 heterocycles. The van der Waals surface area contributed by atoms with Gasteiger partial charge < -0.3 is 15.7 Å². The van der Waals surface area contributed by atoms with Crippen molar-refractivity contribution in [2.45, 2.75) is 71.8 Å². The number of hydrogen-bond acceptors (Lipinski definition) is 3. The highest BCUT2D eigenvalue weighted by Gasteiger charge is 2.26. The molecule has 0 radical (unpaired) electrons. The number of likely N-dealkylation sites (tertiary alicyclic amines) is 1. The van der Waals surface area contributed by atoms with Crippen LogP contribution in [0.2, 0.25) is 0 Å². The molecule has 0 bridgehead atoms. The molecule has 1 fully saturated rings. The predicted octanol–water partition coefficient (Wildman–Crippen LogP) is 3.01. The maximum absolute atomic E-state index is 9.15. The fourth-order valence-corrected chi connectivity index (χ4v) is 3.19. The molecule has 1 aliphatic heterocycles. The second-order valence-corrected chi connectivity index (χ2v) is 8.10. The molecule has 0 saturated carbocycles. The van der Waals surface area contributed by atoms with Crippen molar-refractivity contribution >= 4 is 0 Å². The topological polar surface area (TPSA) is 49.5 Å². The number of aliphatic hydroxyl groups excluding tert-OH is 1. The Kier molecular flexibility index (Phi) is 6.96. The third kappa shape index (κ3) is 6.55. The summed E-state index contributed by atoms with van der Waals surface area (Å²) in [6.07, 6.45) is 7.30. The summed E-state index contributed by atoms with van der Waals surface area (Å²) in [6, 6.07) is 0. The Hall–Kier alpha value is -0.120. The first kappa shape index (κ1) is 17.9. The number of rotatable bonds is 6. The Morgan fingerprint density at radius 3 is 2.40 bits per heavy atom. The summed E-state index contributed by atoms with van der Waals surface area (Å²) in [7, 11) is 0. The molecule has 120 valence electrons. The van der Waals surface area contributed by atoms with E-state index in [1.807, 2.05) is 6.92 Å². The van der Waals surface area contributed by atoms with Crippen LogP contribution in [0.15, 0.2) is 0 Å². The van der Waals surface area contributed by atoms with Crippen LogP contribution < -0.4 is 5.73 Å². The van der Waals surface area contributed by atoms with E-state index in [4.69, 9.17) is 10.8 Å². The lowest BCUT2D eigenvalue weighted by Crippen LogP contribution is -2.40. The minimum atomic E-state index is -0.393. The zero-order valence-electron chi connectivity index (χ0n) is 14.1. The Morgan fingerprint density at radius 2 is 1.80 bits per heavy atom. The molecule has 3 heteroatoms. The minimum absolute atomic E-state index is 0.0873. The first-order chi connectivity index (χ1) is 9.24. The molecule has 1 rings (SSSR count). The van der Waals surface area contributed by atoms with E-state index >= 15 is 0 Å². The van der Waals surface area contributed by atoms with E-state index in [0.29, 0.717) is 5.41 Å². The lowest BCUT2D eigenvalue weighted by Gasteiger charge is -2.30. The van der Waals surface area contributed by atoms with E-state index in [2.05, 4.69) is 25.7 Å². The van der Waals surface area contributed by atoms with Crippen molar-refractivity contribution in [3.63, 3.8) is 0 Å². The van der Waals surface area contributed by atoms with Gasteiger partial charge in [0.05, 0.1) is 6.61 Å². The largest absolute Gasteiger partial charge is 0.394 e. The number of unbranched alkanes of at least 4 members (excludes halogenated alkanes) is 1. The van der Waals surface area contributed by atoms with E-state index in [1.54, 1.807) is 0 Å². The molecular weight excluding hydrogens is 248 g/mol. The third-order valence-corrected chi connectivity index (χ3v) is 4.88. The van der Waals surface area contributed by atoms with E-state index in [9.17, 15) is 0 Å². The van der Waals surface area contributed by atoms with Crippen LogP contribution in [-0.2, 0) is 0 Å². The fourth-order valence-electron chi connectivity index (χ4n) is 3.19. The number of nitrogens with zero attached hydrogens (tertiary/aromatic N) is 1. The molecule has 1 saturated heterocycles. The SMILES string of the molecule is CC(N)(CO)CCCCN1CCCC(C(C)(C)C)CC1. The Balaban J connectivity index is 2.23. The van der Waals surface area contributed by atoms with Crippen molar-refractivity contribution in [2.24, 2.45) is 17.1 Å². The molecule has 0 aromatic heterocycles. The van der Waals surface area contributed by atoms with Gasteiger partial charge in [0.25, 0.3) is 0 Å². The third-order valence-electron chi connectivity index (χ3n) is 4.88. The lowest BCUT2D eigenvalue weighted by molar-refractivity contribution is 0.191. The molecule has 20 heavy (non-hydrogen) atoms. The maximum atomic E-state index is 9.15. The van der Waals surface area contributed by atoms with E-state index < -0.39 is 5.54 Å². The van der Waals surface area contributed by atoms with Crippen molar-refractivity contribution < 1.29 is 5.11 Å². The summed E-state index contributed by atoms with van der Waals surface area (Å²) >= 11 is 0. The number of hydrogen-bond donors (Lipinski definition) is 2. The molecule has 2 unspecified atom stereocenters. The number of nitrogens with two attached hydrogens (primary N) is 1. The van der Waals surface area contributed by atoms with Gasteiger partial charge in [0.1, 0.15) is 0 Å². The van der Waals surface area contributed by atoms with Gasteiger partial charge in [-0.1, -0.05) is 27.2 Å². The van der Waals surface area contributed by atoms with Gasteiger partial charge in [0, 0.05) is 5.54 Å². The van der Waals surface area contributed by atoms with Crippen molar-refractivity contribution in [3.8, 4) is 0 Å². The minimum Gasteiger partial charge on any atom is -0.394 e. The van der Waals surface area contributed by atoms with Crippen LogP contribution in [0, 0.1) is 11.3 Å². The average molecular weight is 284 g/mol. The summed E-state index contributed by atoms with van der Waals surface area (Å²) in [5, 5.41) is 9.15. The molecule has 0 spiro atoms. The van der Waals surface area contributed by atoms with Crippen LogP contribution in [0.4, 0.5) is 0 Å². The van der Waals surface area contributed by atoms with Gasteiger partial charge in [0.2, 0.25) is 0 Å². The average Bonchev–Trinajstić information content (AvgIpc) is 2.60. The van der Waals surface area contributed by atoms with E-state index in [0.717, 1.165) is 18.8 Å². The van der Waals surface area contributed by atoms with Crippen LogP contribution in [0.3, 0.4) is 0 Å². The van der Waals surface area contributed by atoms with Gasteiger partial charge in [-0.05, 0) is 70.0 Å². The molecular formula is C17H36N2O. The van der Waals surface area contributed by atoms with Crippen LogP contribution in [0.5, 0.6) is 0 Å². The van der Waals surface area contributed by atoms with Crippen LogP contribution >= 0.6 is 0 Å². The molecule has 0 aliphatic carbocycles. The van der Waals surface area contributed by atoms with Crippen molar-refractivity contribution in [3.05, 3.63) is 0 Å². The second kappa shape index (κ2) is 7.77. The molecule has 3 nitrogen and oxygen atoms in total. The van der Waals surface area contributed by atoms with Gasteiger partial charge >= 0.3 is 0 Å². The highest BCUT2D eigenvalue weighted by Crippen LogP contribution is 2.34. The monoisotopic (exact) mass is 284 g/mol. The Labute approximate surface area is 125 Å². The smallest absolute Gasteiger partial charge is 0.0608 e. The van der Waals surface area contributed by atoms with Crippen molar-refractivity contribution in [1.82, 2.24) is 4.90 Å². The summed E-state index contributed by atoms with van der Waals surface area (Å²) < 4.78 is 0. The summed E-state index contributed by atoms with van der Waals surface area (Å²) in [5.41, 5.74) is 6.03. The summed E-state index contributed by atoms with van der Waals surface area (Å²) in [5.74, 6) is 0.870. The van der Waals surface area contributed by atoms with Gasteiger partial charge in [0.15, 0.2) is 0 Å². The van der Waals surface area contributed by atoms with E-state index in [-0.39, 0.29) is 6.61 Å². The molecule has 2 atom stereocenters. The summed E-state index contributed by atoms with van der Waals surface area (Å²) in [4.78, 5) is 2.62. The lowest BCUT2D eigenvalue weighted by atomic mass is 9.77. The fraction of sp³-hybridized carbons (Fsp3) is 1.00.